The Hall–Kier alpha value is -1.90. The van der Waals surface area contributed by atoms with Crippen LogP contribution in [0.25, 0.3) is 11.3 Å². The third-order valence-corrected chi connectivity index (χ3v) is 2.93. The summed E-state index contributed by atoms with van der Waals surface area (Å²) in [6, 6.07) is 8.59. The first-order valence-corrected chi connectivity index (χ1v) is 6.35. The van der Waals surface area contributed by atoms with Crippen LogP contribution < -0.4 is 5.32 Å². The van der Waals surface area contributed by atoms with Gasteiger partial charge in [-0.15, -0.1) is 0 Å². The number of aryl methyl sites for hydroxylation is 2. The van der Waals surface area contributed by atoms with Crippen LogP contribution in [0.2, 0.25) is 0 Å². The number of benzene rings is 1. The van der Waals surface area contributed by atoms with Crippen molar-refractivity contribution in [3.8, 4) is 11.3 Å². The third-order valence-electron chi connectivity index (χ3n) is 2.93. The summed E-state index contributed by atoms with van der Waals surface area (Å²) in [5.74, 6) is 0.663. The summed E-state index contributed by atoms with van der Waals surface area (Å²) in [6.45, 7) is 4.24. The molecule has 1 heterocycles. The molecular formula is C15H19N3. The van der Waals surface area contributed by atoms with Crippen molar-refractivity contribution in [1.29, 1.82) is 0 Å². The van der Waals surface area contributed by atoms with Gasteiger partial charge in [0.15, 0.2) is 0 Å². The van der Waals surface area contributed by atoms with Gasteiger partial charge in [-0.2, -0.15) is 0 Å². The van der Waals surface area contributed by atoms with Gasteiger partial charge in [-0.3, -0.25) is 0 Å². The van der Waals surface area contributed by atoms with E-state index in [9.17, 15) is 0 Å². The normalized spacial score (nSPS) is 10.4. The average molecular weight is 241 g/mol. The van der Waals surface area contributed by atoms with Crippen LogP contribution in [0.1, 0.15) is 24.5 Å². The maximum Gasteiger partial charge on any atom is 0.222 e. The zero-order valence-electron chi connectivity index (χ0n) is 11.2. The van der Waals surface area contributed by atoms with E-state index in [4.69, 9.17) is 0 Å². The molecule has 0 fully saturated rings. The van der Waals surface area contributed by atoms with E-state index < -0.39 is 0 Å². The summed E-state index contributed by atoms with van der Waals surface area (Å²) >= 11 is 0. The molecule has 3 nitrogen and oxygen atoms in total. The predicted molar refractivity (Wildman–Crippen MR) is 75.7 cm³/mol. The summed E-state index contributed by atoms with van der Waals surface area (Å²) in [7, 11) is 1.84. The van der Waals surface area contributed by atoms with Gasteiger partial charge in [0, 0.05) is 18.8 Å². The van der Waals surface area contributed by atoms with Crippen molar-refractivity contribution in [3.05, 3.63) is 41.6 Å². The first-order valence-electron chi connectivity index (χ1n) is 6.35. The molecule has 0 spiro atoms. The minimum atomic E-state index is 0.663. The molecule has 2 rings (SSSR count). The fraction of sp³-hybridized carbons (Fsp3) is 0.333. The second-order valence-electron chi connectivity index (χ2n) is 4.43. The van der Waals surface area contributed by atoms with E-state index in [2.05, 4.69) is 46.5 Å². The highest BCUT2D eigenvalue weighted by Gasteiger charge is 2.06. The molecule has 94 valence electrons. The predicted octanol–water partition coefficient (Wildman–Crippen LogP) is 3.45. The third kappa shape index (κ3) is 2.67. The number of nitrogens with one attached hydrogen (secondary N) is 1. The lowest BCUT2D eigenvalue weighted by molar-refractivity contribution is 0.922. The van der Waals surface area contributed by atoms with Crippen LogP contribution in [0.3, 0.4) is 0 Å². The lowest BCUT2D eigenvalue weighted by Gasteiger charge is -2.08. The van der Waals surface area contributed by atoms with Crippen LogP contribution in [-0.4, -0.2) is 17.0 Å². The molecule has 0 bridgehead atoms. The number of nitrogens with zero attached hydrogens (tertiary/aromatic N) is 2. The van der Waals surface area contributed by atoms with Gasteiger partial charge in [-0.25, -0.2) is 9.97 Å². The lowest BCUT2D eigenvalue weighted by atomic mass is 10.0. The minimum Gasteiger partial charge on any atom is -0.357 e. The van der Waals surface area contributed by atoms with Crippen LogP contribution in [-0.2, 0) is 6.42 Å². The van der Waals surface area contributed by atoms with E-state index in [0.29, 0.717) is 5.95 Å². The van der Waals surface area contributed by atoms with Crippen molar-refractivity contribution >= 4 is 5.95 Å². The van der Waals surface area contributed by atoms with Gasteiger partial charge >= 0.3 is 0 Å². The van der Waals surface area contributed by atoms with Gasteiger partial charge in [0.1, 0.15) is 0 Å². The van der Waals surface area contributed by atoms with Crippen molar-refractivity contribution in [2.24, 2.45) is 0 Å². The quantitative estimate of drug-likeness (QED) is 0.891. The van der Waals surface area contributed by atoms with Crippen LogP contribution in [0.4, 0.5) is 5.95 Å². The van der Waals surface area contributed by atoms with Crippen LogP contribution in [0.15, 0.2) is 30.5 Å². The number of rotatable bonds is 4. The molecule has 2 aromatic rings. The van der Waals surface area contributed by atoms with Crippen molar-refractivity contribution in [1.82, 2.24) is 9.97 Å². The van der Waals surface area contributed by atoms with Crippen LogP contribution >= 0.6 is 0 Å². The second kappa shape index (κ2) is 5.63. The van der Waals surface area contributed by atoms with E-state index in [1.165, 1.54) is 5.56 Å². The fourth-order valence-corrected chi connectivity index (χ4v) is 2.02. The van der Waals surface area contributed by atoms with Gasteiger partial charge < -0.3 is 5.32 Å². The maximum absolute atomic E-state index is 4.54. The van der Waals surface area contributed by atoms with Gasteiger partial charge in [0.25, 0.3) is 0 Å². The Labute approximate surface area is 108 Å². The van der Waals surface area contributed by atoms with Crippen molar-refractivity contribution < 1.29 is 0 Å². The number of aromatic nitrogens is 2. The molecule has 0 radical (unpaired) electrons. The molecule has 3 heteroatoms. The van der Waals surface area contributed by atoms with E-state index in [1.54, 1.807) is 0 Å². The number of hydrogen-bond acceptors (Lipinski definition) is 3. The summed E-state index contributed by atoms with van der Waals surface area (Å²) in [5.41, 5.74) is 4.63. The van der Waals surface area contributed by atoms with Crippen molar-refractivity contribution in [2.45, 2.75) is 26.7 Å². The standard InChI is InChI=1S/C15H19N3/c1-4-6-12-7-5-8-13(9-12)14-11(2)10-17-15(16-3)18-14/h5,7-10H,4,6H2,1-3H3,(H,16,17,18). The summed E-state index contributed by atoms with van der Waals surface area (Å²) < 4.78 is 0. The minimum absolute atomic E-state index is 0.663. The Morgan fingerprint density at radius 1 is 1.28 bits per heavy atom. The molecule has 0 unspecified atom stereocenters. The van der Waals surface area contributed by atoms with Crippen LogP contribution in [0.5, 0.6) is 0 Å². The molecule has 1 aromatic heterocycles. The monoisotopic (exact) mass is 241 g/mol. The second-order valence-corrected chi connectivity index (χ2v) is 4.43. The van der Waals surface area contributed by atoms with Gasteiger partial charge in [0.2, 0.25) is 5.95 Å². The summed E-state index contributed by atoms with van der Waals surface area (Å²) in [5, 5.41) is 2.98. The van der Waals surface area contributed by atoms with Crippen molar-refractivity contribution in [3.63, 3.8) is 0 Å². The first kappa shape index (κ1) is 12.6. The van der Waals surface area contributed by atoms with Gasteiger partial charge in [-0.1, -0.05) is 31.5 Å². The Balaban J connectivity index is 2.44. The van der Waals surface area contributed by atoms with E-state index in [0.717, 1.165) is 29.7 Å². The Kier molecular flexibility index (Phi) is 3.92. The largest absolute Gasteiger partial charge is 0.357 e. The SMILES string of the molecule is CCCc1cccc(-c2nc(NC)ncc2C)c1. The highest BCUT2D eigenvalue weighted by Crippen LogP contribution is 2.23. The molecule has 0 aliphatic rings. The Morgan fingerprint density at radius 3 is 2.83 bits per heavy atom. The van der Waals surface area contributed by atoms with E-state index in [1.807, 2.05) is 20.2 Å². The molecule has 0 aliphatic carbocycles. The maximum atomic E-state index is 4.54. The fourth-order valence-electron chi connectivity index (χ4n) is 2.02. The van der Waals surface area contributed by atoms with Gasteiger partial charge in [0.05, 0.1) is 5.69 Å². The molecule has 0 aliphatic heterocycles. The molecule has 0 saturated heterocycles. The highest BCUT2D eigenvalue weighted by molar-refractivity contribution is 5.64. The zero-order valence-corrected chi connectivity index (χ0v) is 11.2. The Morgan fingerprint density at radius 2 is 2.11 bits per heavy atom. The summed E-state index contributed by atoms with van der Waals surface area (Å²) in [6.07, 6.45) is 4.13. The summed E-state index contributed by atoms with van der Waals surface area (Å²) in [4.78, 5) is 8.76. The highest BCUT2D eigenvalue weighted by atomic mass is 15.1. The lowest BCUT2D eigenvalue weighted by Crippen LogP contribution is -1.99. The molecule has 0 saturated carbocycles. The van der Waals surface area contributed by atoms with Crippen molar-refractivity contribution in [2.75, 3.05) is 12.4 Å². The number of hydrogen-bond donors (Lipinski definition) is 1. The van der Waals surface area contributed by atoms with Crippen LogP contribution in [0, 0.1) is 6.92 Å². The molecule has 0 amide bonds. The topological polar surface area (TPSA) is 37.8 Å². The average Bonchev–Trinajstić information content (AvgIpc) is 2.40. The van der Waals surface area contributed by atoms with Gasteiger partial charge in [-0.05, 0) is 30.5 Å². The Bertz CT molecular complexity index is 535. The number of anilines is 1. The molecular weight excluding hydrogens is 222 g/mol. The smallest absolute Gasteiger partial charge is 0.222 e. The molecule has 18 heavy (non-hydrogen) atoms. The van der Waals surface area contributed by atoms with E-state index >= 15 is 0 Å². The zero-order chi connectivity index (χ0) is 13.0. The molecule has 1 aromatic carbocycles. The molecule has 1 N–H and O–H groups in total. The molecule has 0 atom stereocenters. The van der Waals surface area contributed by atoms with E-state index in [-0.39, 0.29) is 0 Å². The first-order chi connectivity index (χ1) is 8.74.